The van der Waals surface area contributed by atoms with Crippen LogP contribution < -0.4 is 24.4 Å². The molecule has 0 aromatic heterocycles. The molecule has 1 N–H and O–H groups in total. The van der Waals surface area contributed by atoms with E-state index in [4.69, 9.17) is 14.2 Å². The first kappa shape index (κ1) is 19.7. The van der Waals surface area contributed by atoms with E-state index in [9.17, 15) is 14.4 Å². The molecular formula is C19H17BrN2O6. The molecule has 0 bridgehead atoms. The number of Topliss-reactive ketones (excluding diaryl/α,β-unsaturated/α-hetero) is 1. The van der Waals surface area contributed by atoms with Crippen LogP contribution in [-0.2, 0) is 9.59 Å². The number of carbonyl (C=O) groups is 3. The number of halogens is 1. The van der Waals surface area contributed by atoms with Crippen molar-refractivity contribution in [1.29, 1.82) is 0 Å². The lowest BCUT2D eigenvalue weighted by atomic mass is 10.1. The van der Waals surface area contributed by atoms with Crippen molar-refractivity contribution >= 4 is 44.9 Å². The molecule has 0 saturated heterocycles. The van der Waals surface area contributed by atoms with Gasteiger partial charge in [0.2, 0.25) is 11.7 Å². The molecular weight excluding hydrogens is 432 g/mol. The van der Waals surface area contributed by atoms with E-state index in [0.717, 1.165) is 9.37 Å². The Morgan fingerprint density at radius 2 is 1.68 bits per heavy atom. The van der Waals surface area contributed by atoms with E-state index in [-0.39, 0.29) is 35.0 Å². The van der Waals surface area contributed by atoms with E-state index in [0.29, 0.717) is 5.69 Å². The molecule has 1 aliphatic rings. The number of hydrogen-bond donors (Lipinski definition) is 1. The molecule has 2 aromatic rings. The van der Waals surface area contributed by atoms with Crippen LogP contribution in [0.5, 0.6) is 17.2 Å². The zero-order chi connectivity index (χ0) is 20.4. The van der Waals surface area contributed by atoms with Gasteiger partial charge < -0.3 is 19.5 Å². The third-order valence-corrected chi connectivity index (χ3v) is 4.72. The minimum absolute atomic E-state index is 0.0431. The van der Waals surface area contributed by atoms with Gasteiger partial charge in [-0.05, 0) is 24.3 Å². The van der Waals surface area contributed by atoms with Crippen LogP contribution in [0.25, 0.3) is 0 Å². The second-order valence-corrected chi connectivity index (χ2v) is 6.73. The summed E-state index contributed by atoms with van der Waals surface area (Å²) in [6.45, 7) is -0.341. The normalized spacial score (nSPS) is 12.6. The topological polar surface area (TPSA) is 94.2 Å². The van der Waals surface area contributed by atoms with Crippen molar-refractivity contribution < 1.29 is 28.6 Å². The summed E-state index contributed by atoms with van der Waals surface area (Å²) in [6.07, 6.45) is 0. The predicted octanol–water partition coefficient (Wildman–Crippen LogP) is 2.64. The monoisotopic (exact) mass is 448 g/mol. The number of ketones is 1. The van der Waals surface area contributed by atoms with E-state index in [1.807, 2.05) is 0 Å². The molecule has 0 radical (unpaired) electrons. The third kappa shape index (κ3) is 3.40. The van der Waals surface area contributed by atoms with Crippen LogP contribution in [0.2, 0.25) is 0 Å². The van der Waals surface area contributed by atoms with E-state index < -0.39 is 17.6 Å². The molecule has 2 aromatic carbocycles. The highest BCUT2D eigenvalue weighted by molar-refractivity contribution is 9.10. The number of ether oxygens (including phenoxy) is 3. The Morgan fingerprint density at radius 3 is 2.25 bits per heavy atom. The lowest BCUT2D eigenvalue weighted by molar-refractivity contribution is -0.118. The first-order chi connectivity index (χ1) is 13.4. The maximum Gasteiger partial charge on any atom is 0.300 e. The van der Waals surface area contributed by atoms with Gasteiger partial charge >= 0.3 is 0 Å². The number of fused-ring (bicyclic) bond motifs is 1. The molecule has 1 heterocycles. The molecule has 28 heavy (non-hydrogen) atoms. The van der Waals surface area contributed by atoms with Crippen LogP contribution >= 0.6 is 15.9 Å². The van der Waals surface area contributed by atoms with Crippen LogP contribution in [0.3, 0.4) is 0 Å². The highest BCUT2D eigenvalue weighted by atomic mass is 79.9. The maximum absolute atomic E-state index is 12.5. The zero-order valence-electron chi connectivity index (χ0n) is 15.4. The van der Waals surface area contributed by atoms with Gasteiger partial charge in [0, 0.05) is 16.2 Å². The Bertz CT molecular complexity index is 958. The Labute approximate surface area is 169 Å². The van der Waals surface area contributed by atoms with Crippen molar-refractivity contribution in [2.24, 2.45) is 0 Å². The Kier molecular flexibility index (Phi) is 5.55. The highest BCUT2D eigenvalue weighted by Gasteiger charge is 2.42. The van der Waals surface area contributed by atoms with Gasteiger partial charge in [-0.25, -0.2) is 0 Å². The second kappa shape index (κ2) is 7.89. The number of nitrogens with zero attached hydrogens (tertiary/aromatic N) is 1. The van der Waals surface area contributed by atoms with Crippen molar-refractivity contribution in [3.63, 3.8) is 0 Å². The third-order valence-electron chi connectivity index (χ3n) is 4.20. The molecule has 146 valence electrons. The van der Waals surface area contributed by atoms with Gasteiger partial charge in [-0.3, -0.25) is 19.3 Å². The Balaban J connectivity index is 1.94. The fourth-order valence-electron chi connectivity index (χ4n) is 2.95. The van der Waals surface area contributed by atoms with E-state index in [1.165, 1.54) is 27.4 Å². The molecule has 0 spiro atoms. The fraction of sp³-hybridized carbons (Fsp3) is 0.211. The summed E-state index contributed by atoms with van der Waals surface area (Å²) < 4.78 is 16.7. The molecule has 0 unspecified atom stereocenters. The summed E-state index contributed by atoms with van der Waals surface area (Å²) in [5.41, 5.74) is 0.841. The molecule has 0 saturated carbocycles. The smallest absolute Gasteiger partial charge is 0.300 e. The van der Waals surface area contributed by atoms with Crippen LogP contribution in [0, 0.1) is 0 Å². The average Bonchev–Trinajstić information content (AvgIpc) is 2.92. The van der Waals surface area contributed by atoms with Gasteiger partial charge in [-0.2, -0.15) is 0 Å². The summed E-state index contributed by atoms with van der Waals surface area (Å²) in [5.74, 6) is -1.49. The van der Waals surface area contributed by atoms with Gasteiger partial charge in [-0.1, -0.05) is 15.9 Å². The van der Waals surface area contributed by atoms with E-state index in [2.05, 4.69) is 21.2 Å². The lowest BCUT2D eigenvalue weighted by Crippen LogP contribution is -2.37. The van der Waals surface area contributed by atoms with Crippen LogP contribution in [0.15, 0.2) is 34.8 Å². The Morgan fingerprint density at radius 1 is 1.04 bits per heavy atom. The number of hydrogen-bond acceptors (Lipinski definition) is 6. The number of methoxy groups -OCH3 is 3. The number of rotatable bonds is 6. The minimum Gasteiger partial charge on any atom is -0.493 e. The number of amides is 2. The molecule has 1 aliphatic heterocycles. The number of benzene rings is 2. The van der Waals surface area contributed by atoms with Crippen LogP contribution in [0.1, 0.15) is 10.4 Å². The summed E-state index contributed by atoms with van der Waals surface area (Å²) in [7, 11) is 4.18. The summed E-state index contributed by atoms with van der Waals surface area (Å²) in [5, 5.41) is 2.69. The summed E-state index contributed by atoms with van der Waals surface area (Å²) in [6, 6.07) is 8.45. The number of nitrogens with one attached hydrogen (secondary N) is 1. The molecule has 3 rings (SSSR count). The molecule has 0 atom stereocenters. The van der Waals surface area contributed by atoms with E-state index in [1.54, 1.807) is 24.3 Å². The molecule has 2 amide bonds. The largest absolute Gasteiger partial charge is 0.493 e. The average molecular weight is 449 g/mol. The number of anilines is 2. The second-order valence-electron chi connectivity index (χ2n) is 5.81. The molecule has 0 fully saturated rings. The maximum atomic E-state index is 12.5. The zero-order valence-corrected chi connectivity index (χ0v) is 17.0. The van der Waals surface area contributed by atoms with Crippen molar-refractivity contribution in [2.45, 2.75) is 0 Å². The highest BCUT2D eigenvalue weighted by Crippen LogP contribution is 2.47. The Hall–Kier alpha value is -3.07. The predicted molar refractivity (Wildman–Crippen MR) is 106 cm³/mol. The molecule has 0 aliphatic carbocycles. The van der Waals surface area contributed by atoms with Crippen LogP contribution in [0.4, 0.5) is 11.4 Å². The standard InChI is InChI=1S/C19H17BrN2O6/c1-26-13-8-12-15(18(28-3)17(13)27-2)16(24)19(25)22(12)9-14(23)21-11-6-4-10(20)5-7-11/h4-8H,9H2,1-3H3,(H,21,23). The summed E-state index contributed by atoms with van der Waals surface area (Å²) in [4.78, 5) is 38.6. The molecule has 8 nitrogen and oxygen atoms in total. The van der Waals surface area contributed by atoms with Gasteiger partial charge in [0.15, 0.2) is 11.5 Å². The van der Waals surface area contributed by atoms with Crippen molar-refractivity contribution in [1.82, 2.24) is 0 Å². The number of carbonyl (C=O) groups excluding carboxylic acids is 3. The van der Waals surface area contributed by atoms with Crippen molar-refractivity contribution in [2.75, 3.05) is 38.1 Å². The summed E-state index contributed by atoms with van der Waals surface area (Å²) >= 11 is 3.32. The van der Waals surface area contributed by atoms with Gasteiger partial charge in [-0.15, -0.1) is 0 Å². The van der Waals surface area contributed by atoms with E-state index >= 15 is 0 Å². The minimum atomic E-state index is -0.824. The van der Waals surface area contributed by atoms with Crippen molar-refractivity contribution in [3.8, 4) is 17.2 Å². The van der Waals surface area contributed by atoms with Crippen LogP contribution in [-0.4, -0.2) is 45.5 Å². The fourth-order valence-corrected chi connectivity index (χ4v) is 3.21. The van der Waals surface area contributed by atoms with Gasteiger partial charge in [0.1, 0.15) is 6.54 Å². The van der Waals surface area contributed by atoms with Gasteiger partial charge in [0.05, 0.1) is 32.6 Å². The lowest BCUT2D eigenvalue weighted by Gasteiger charge is -2.19. The SMILES string of the molecule is COc1cc2c(c(OC)c1OC)C(=O)C(=O)N2CC(=O)Nc1ccc(Br)cc1. The first-order valence-electron chi connectivity index (χ1n) is 8.15. The van der Waals surface area contributed by atoms with Crippen molar-refractivity contribution in [3.05, 3.63) is 40.4 Å². The molecule has 9 heteroatoms. The quantitative estimate of drug-likeness (QED) is 0.682. The van der Waals surface area contributed by atoms with Gasteiger partial charge in [0.25, 0.3) is 11.7 Å². The first-order valence-corrected chi connectivity index (χ1v) is 8.95.